The first-order valence-electron chi connectivity index (χ1n) is 10.4. The molecular weight excluding hydrogens is 404 g/mol. The van der Waals surface area contributed by atoms with Crippen molar-refractivity contribution in [3.8, 4) is 23.0 Å². The highest BCUT2D eigenvalue weighted by molar-refractivity contribution is 5.92. The van der Waals surface area contributed by atoms with Gasteiger partial charge in [-0.2, -0.15) is 0 Å². The lowest BCUT2D eigenvalue weighted by atomic mass is 9.77. The van der Waals surface area contributed by atoms with Gasteiger partial charge in [-0.05, 0) is 70.9 Å². The number of rotatable bonds is 4. The Bertz CT molecular complexity index is 1170. The van der Waals surface area contributed by atoms with Crippen molar-refractivity contribution < 1.29 is 25.2 Å². The highest BCUT2D eigenvalue weighted by Crippen LogP contribution is 2.45. The Morgan fingerprint density at radius 1 is 0.688 bits per heavy atom. The van der Waals surface area contributed by atoms with Crippen LogP contribution in [0.4, 0.5) is 0 Å². The Kier molecular flexibility index (Phi) is 5.99. The molecule has 3 aromatic rings. The van der Waals surface area contributed by atoms with Gasteiger partial charge in [-0.1, -0.05) is 48.6 Å². The number of phenols is 4. The van der Waals surface area contributed by atoms with Gasteiger partial charge in [0.05, 0.1) is 0 Å². The van der Waals surface area contributed by atoms with Gasteiger partial charge in [-0.3, -0.25) is 4.79 Å². The minimum absolute atomic E-state index is 0.0536. The summed E-state index contributed by atoms with van der Waals surface area (Å²) in [4.78, 5) is 12.8. The van der Waals surface area contributed by atoms with E-state index in [0.29, 0.717) is 17.5 Å². The van der Waals surface area contributed by atoms with E-state index in [-0.39, 0.29) is 47.0 Å². The van der Waals surface area contributed by atoms with Gasteiger partial charge < -0.3 is 20.4 Å². The predicted molar refractivity (Wildman–Crippen MR) is 123 cm³/mol. The quantitative estimate of drug-likeness (QED) is 0.418. The molecule has 0 saturated heterocycles. The van der Waals surface area contributed by atoms with Gasteiger partial charge >= 0.3 is 0 Å². The molecule has 0 saturated carbocycles. The Balaban J connectivity index is 1.76. The van der Waals surface area contributed by atoms with Crippen LogP contribution in [0.1, 0.15) is 41.4 Å². The summed E-state index contributed by atoms with van der Waals surface area (Å²) in [5, 5.41) is 39.9. The third-order valence-electron chi connectivity index (χ3n) is 5.78. The molecule has 0 radical (unpaired) electrons. The Morgan fingerprint density at radius 2 is 1.38 bits per heavy atom. The predicted octanol–water partition coefficient (Wildman–Crippen LogP) is 5.38. The number of hydrogen-bond acceptors (Lipinski definition) is 5. The summed E-state index contributed by atoms with van der Waals surface area (Å²) in [5.74, 6) is -1.24. The minimum atomic E-state index is -0.325. The molecule has 4 N–H and O–H groups in total. The number of aromatic hydroxyl groups is 4. The average molecular weight is 428 g/mol. The van der Waals surface area contributed by atoms with Crippen molar-refractivity contribution >= 4 is 11.9 Å². The van der Waals surface area contributed by atoms with E-state index in [0.717, 1.165) is 11.1 Å². The van der Waals surface area contributed by atoms with Crippen LogP contribution in [0.15, 0.2) is 84.5 Å². The summed E-state index contributed by atoms with van der Waals surface area (Å²) in [6.45, 7) is 0. The number of phenolic OH excluding ortho intramolecular Hbond substituents is 4. The second-order valence-corrected chi connectivity index (χ2v) is 8.08. The zero-order valence-electron chi connectivity index (χ0n) is 17.3. The first kappa shape index (κ1) is 21.2. The van der Waals surface area contributed by atoms with Crippen molar-refractivity contribution in [2.45, 2.75) is 24.7 Å². The molecule has 0 aromatic heterocycles. The van der Waals surface area contributed by atoms with Gasteiger partial charge in [0.2, 0.25) is 0 Å². The molecule has 4 rings (SSSR count). The molecule has 5 nitrogen and oxygen atoms in total. The van der Waals surface area contributed by atoms with E-state index in [9.17, 15) is 25.2 Å². The lowest BCUT2D eigenvalue weighted by Crippen LogP contribution is -2.13. The van der Waals surface area contributed by atoms with Crippen LogP contribution >= 0.6 is 0 Å². The fraction of sp³-hybridized carbons (Fsp3) is 0.148. The molecule has 0 heterocycles. The number of carbonyl (C=O) groups excluding carboxylic acids is 1. The van der Waals surface area contributed by atoms with Crippen LogP contribution in [0.2, 0.25) is 0 Å². The Morgan fingerprint density at radius 3 is 2.06 bits per heavy atom. The number of ketones is 1. The van der Waals surface area contributed by atoms with Crippen LogP contribution in [-0.2, 0) is 4.79 Å². The fourth-order valence-corrected chi connectivity index (χ4v) is 4.27. The molecule has 0 unspecified atom stereocenters. The molecular formula is C27H24O5. The highest BCUT2D eigenvalue weighted by atomic mass is 16.3. The third-order valence-corrected chi connectivity index (χ3v) is 5.78. The molecule has 2 atom stereocenters. The lowest BCUT2D eigenvalue weighted by molar-refractivity contribution is -0.115. The van der Waals surface area contributed by atoms with E-state index in [1.807, 2.05) is 42.5 Å². The summed E-state index contributed by atoms with van der Waals surface area (Å²) in [6, 6.07) is 18.8. The Hall–Kier alpha value is -3.99. The normalized spacial score (nSPS) is 19.0. The average Bonchev–Trinajstić information content (AvgIpc) is 2.93. The second kappa shape index (κ2) is 9.02. The summed E-state index contributed by atoms with van der Waals surface area (Å²) in [6.07, 6.45) is 6.18. The van der Waals surface area contributed by atoms with Crippen molar-refractivity contribution in [2.24, 2.45) is 0 Å². The molecule has 1 aliphatic carbocycles. The summed E-state index contributed by atoms with van der Waals surface area (Å²) in [5.41, 5.74) is 3.23. The maximum Gasteiger partial charge on any atom is 0.157 e. The fourth-order valence-electron chi connectivity index (χ4n) is 4.27. The molecule has 1 aliphatic rings. The number of allylic oxidation sites excluding steroid dienone is 3. The monoisotopic (exact) mass is 428 g/mol. The van der Waals surface area contributed by atoms with Gasteiger partial charge in [0, 0.05) is 12.5 Å². The highest BCUT2D eigenvalue weighted by Gasteiger charge is 2.31. The van der Waals surface area contributed by atoms with Gasteiger partial charge in [0.1, 0.15) is 11.5 Å². The topological polar surface area (TPSA) is 98.0 Å². The maximum absolute atomic E-state index is 12.8. The summed E-state index contributed by atoms with van der Waals surface area (Å²) in [7, 11) is 0. The van der Waals surface area contributed by atoms with Gasteiger partial charge in [-0.15, -0.1) is 0 Å². The van der Waals surface area contributed by atoms with E-state index >= 15 is 0 Å². The molecule has 5 heteroatoms. The largest absolute Gasteiger partial charge is 0.508 e. The zero-order chi connectivity index (χ0) is 22.7. The third kappa shape index (κ3) is 4.83. The van der Waals surface area contributed by atoms with E-state index in [1.54, 1.807) is 24.3 Å². The van der Waals surface area contributed by atoms with Crippen molar-refractivity contribution in [3.63, 3.8) is 0 Å². The molecule has 0 bridgehead atoms. The molecule has 162 valence electrons. The standard InChI is InChI=1S/C27H24O5/c28-21-10-18(7-6-17-4-2-1-3-5-17)11-24(20-12-22(29)15-23(30)13-20)25(16-21)19-8-9-26(31)27(32)14-19/h1-10,12-15,24-25,29-32H,11,16H2/t24-,25-/m1/s1. The van der Waals surface area contributed by atoms with Crippen LogP contribution in [0.25, 0.3) is 6.08 Å². The van der Waals surface area contributed by atoms with Crippen molar-refractivity contribution in [1.29, 1.82) is 0 Å². The van der Waals surface area contributed by atoms with Crippen LogP contribution < -0.4 is 0 Å². The van der Waals surface area contributed by atoms with Gasteiger partial charge in [-0.25, -0.2) is 0 Å². The maximum atomic E-state index is 12.8. The molecule has 0 spiro atoms. The summed E-state index contributed by atoms with van der Waals surface area (Å²) >= 11 is 0. The van der Waals surface area contributed by atoms with E-state index in [2.05, 4.69) is 0 Å². The van der Waals surface area contributed by atoms with Gasteiger partial charge in [0.15, 0.2) is 17.3 Å². The van der Waals surface area contributed by atoms with Crippen LogP contribution in [0.3, 0.4) is 0 Å². The smallest absolute Gasteiger partial charge is 0.157 e. The number of carbonyl (C=O) groups is 1. The first-order valence-corrected chi connectivity index (χ1v) is 10.4. The van der Waals surface area contributed by atoms with E-state index in [1.165, 1.54) is 18.2 Å². The minimum Gasteiger partial charge on any atom is -0.508 e. The zero-order valence-corrected chi connectivity index (χ0v) is 17.3. The molecule has 0 amide bonds. The van der Waals surface area contributed by atoms with Crippen LogP contribution in [0, 0.1) is 0 Å². The number of benzene rings is 3. The van der Waals surface area contributed by atoms with Crippen molar-refractivity contribution in [3.05, 3.63) is 101 Å². The molecule has 3 aromatic carbocycles. The van der Waals surface area contributed by atoms with E-state index in [4.69, 9.17) is 0 Å². The van der Waals surface area contributed by atoms with Crippen LogP contribution in [0.5, 0.6) is 23.0 Å². The van der Waals surface area contributed by atoms with Crippen molar-refractivity contribution in [1.82, 2.24) is 0 Å². The molecule has 32 heavy (non-hydrogen) atoms. The summed E-state index contributed by atoms with van der Waals surface area (Å²) < 4.78 is 0. The molecule has 0 aliphatic heterocycles. The van der Waals surface area contributed by atoms with Crippen molar-refractivity contribution in [2.75, 3.05) is 0 Å². The van der Waals surface area contributed by atoms with Crippen LogP contribution in [-0.4, -0.2) is 26.2 Å². The van der Waals surface area contributed by atoms with E-state index < -0.39 is 0 Å². The lowest BCUT2D eigenvalue weighted by Gasteiger charge is -2.27. The SMILES string of the molecule is O=C1C=C(C=Cc2ccccc2)C[C@H](c2cc(O)cc(O)c2)[C@@H](c2ccc(O)c(O)c2)C1. The first-order chi connectivity index (χ1) is 15.4. The number of hydrogen-bond donors (Lipinski definition) is 4. The second-order valence-electron chi connectivity index (χ2n) is 8.08. The van der Waals surface area contributed by atoms with Gasteiger partial charge in [0.25, 0.3) is 0 Å². The Labute approximate surface area is 186 Å². The molecule has 0 fully saturated rings.